The number of nitrogens with one attached hydrogen (secondary N) is 1. The Hall–Kier alpha value is -2.88. The van der Waals surface area contributed by atoms with Gasteiger partial charge in [-0.1, -0.05) is 66.2 Å². The maximum Gasteiger partial charge on any atom is 0.124 e. The number of ether oxygens (including phenoxy) is 1. The van der Waals surface area contributed by atoms with Crippen molar-refractivity contribution in [3.05, 3.63) is 112 Å². The van der Waals surface area contributed by atoms with E-state index in [0.29, 0.717) is 13.2 Å². The summed E-state index contributed by atoms with van der Waals surface area (Å²) in [6.45, 7) is 1.97. The van der Waals surface area contributed by atoms with E-state index >= 15 is 0 Å². The minimum atomic E-state index is -0.204. The number of fused-ring (bicyclic) bond motifs is 1. The van der Waals surface area contributed by atoms with Gasteiger partial charge < -0.3 is 10.1 Å². The van der Waals surface area contributed by atoms with Crippen LogP contribution in [0.2, 0.25) is 5.02 Å². The van der Waals surface area contributed by atoms with Crippen LogP contribution in [-0.2, 0) is 19.6 Å². The van der Waals surface area contributed by atoms with Crippen molar-refractivity contribution >= 4 is 22.4 Å². The van der Waals surface area contributed by atoms with Crippen molar-refractivity contribution in [1.29, 1.82) is 0 Å². The molecule has 0 aliphatic rings. The van der Waals surface area contributed by atoms with Gasteiger partial charge in [0.05, 0.1) is 0 Å². The summed E-state index contributed by atoms with van der Waals surface area (Å²) < 4.78 is 19.2. The number of rotatable bonds is 8. The van der Waals surface area contributed by atoms with Crippen molar-refractivity contribution in [2.75, 3.05) is 6.54 Å². The molecule has 152 valence electrons. The minimum Gasteiger partial charge on any atom is -0.489 e. The summed E-state index contributed by atoms with van der Waals surface area (Å²) >= 11 is 5.97. The van der Waals surface area contributed by atoms with Gasteiger partial charge >= 0.3 is 0 Å². The molecule has 1 N–H and O–H groups in total. The normalized spacial score (nSPS) is 11.0. The molecular formula is C26H23ClFNO. The summed E-state index contributed by atoms with van der Waals surface area (Å²) in [7, 11) is 0. The van der Waals surface area contributed by atoms with Crippen LogP contribution in [0.3, 0.4) is 0 Å². The summed E-state index contributed by atoms with van der Waals surface area (Å²) in [5.41, 5.74) is 3.32. The Morgan fingerprint density at radius 1 is 0.800 bits per heavy atom. The quantitative estimate of drug-likeness (QED) is 0.327. The second kappa shape index (κ2) is 9.75. The van der Waals surface area contributed by atoms with E-state index in [1.807, 2.05) is 54.6 Å². The van der Waals surface area contributed by atoms with Crippen LogP contribution in [0.5, 0.6) is 5.75 Å². The second-order valence-corrected chi connectivity index (χ2v) is 7.67. The minimum absolute atomic E-state index is 0.204. The summed E-state index contributed by atoms with van der Waals surface area (Å²) in [4.78, 5) is 0. The molecule has 0 saturated carbocycles. The molecule has 4 aromatic rings. The van der Waals surface area contributed by atoms with Crippen LogP contribution in [0.15, 0.2) is 84.9 Å². The molecule has 0 spiro atoms. The predicted molar refractivity (Wildman–Crippen MR) is 122 cm³/mol. The smallest absolute Gasteiger partial charge is 0.124 e. The molecule has 0 saturated heterocycles. The van der Waals surface area contributed by atoms with Crippen LogP contribution in [0.4, 0.5) is 4.39 Å². The van der Waals surface area contributed by atoms with Gasteiger partial charge in [-0.2, -0.15) is 0 Å². The van der Waals surface area contributed by atoms with Crippen LogP contribution < -0.4 is 10.1 Å². The van der Waals surface area contributed by atoms with Crippen molar-refractivity contribution in [3.8, 4) is 5.75 Å². The Kier molecular flexibility index (Phi) is 6.63. The third kappa shape index (κ3) is 5.18. The molecule has 0 aromatic heterocycles. The van der Waals surface area contributed by atoms with Crippen molar-refractivity contribution in [2.24, 2.45) is 0 Å². The molecule has 4 rings (SSSR count). The average molecular weight is 420 g/mol. The first-order chi connectivity index (χ1) is 14.7. The Bertz CT molecular complexity index is 1110. The van der Waals surface area contributed by atoms with Gasteiger partial charge in [-0.25, -0.2) is 4.39 Å². The Morgan fingerprint density at radius 2 is 1.53 bits per heavy atom. The second-order valence-electron chi connectivity index (χ2n) is 7.23. The lowest BCUT2D eigenvalue weighted by atomic mass is 10.0. The van der Waals surface area contributed by atoms with Gasteiger partial charge in [0.25, 0.3) is 0 Å². The van der Waals surface area contributed by atoms with Gasteiger partial charge in [-0.05, 0) is 65.2 Å². The zero-order valence-corrected chi connectivity index (χ0v) is 17.3. The maximum atomic E-state index is 13.1. The van der Waals surface area contributed by atoms with Crippen molar-refractivity contribution in [1.82, 2.24) is 5.32 Å². The lowest BCUT2D eigenvalue weighted by molar-refractivity contribution is 0.303. The van der Waals surface area contributed by atoms with Crippen LogP contribution in [0.1, 0.15) is 16.7 Å². The van der Waals surface area contributed by atoms with Gasteiger partial charge in [-0.15, -0.1) is 0 Å². The van der Waals surface area contributed by atoms with Gasteiger partial charge in [-0.3, -0.25) is 0 Å². The Morgan fingerprint density at radius 3 is 2.33 bits per heavy atom. The standard InChI is InChI=1S/C26H23ClFNO/c27-22-10-5-20(6-11-22)18-30-26-14-9-21-3-1-2-4-24(21)25(26)17-29-16-15-19-7-12-23(28)13-8-19/h1-14,29H,15-18H2. The SMILES string of the molecule is Fc1ccc(CCNCc2c(OCc3ccc(Cl)cc3)ccc3ccccc23)cc1. The van der Waals surface area contributed by atoms with Crippen molar-refractivity contribution in [3.63, 3.8) is 0 Å². The third-order valence-corrected chi connectivity index (χ3v) is 5.36. The van der Waals surface area contributed by atoms with E-state index < -0.39 is 0 Å². The molecule has 0 amide bonds. The van der Waals surface area contributed by atoms with E-state index in [1.165, 1.54) is 22.9 Å². The molecule has 2 nitrogen and oxygen atoms in total. The fraction of sp³-hybridized carbons (Fsp3) is 0.154. The Balaban J connectivity index is 1.47. The molecule has 0 aliphatic carbocycles. The predicted octanol–water partition coefficient (Wildman–Crippen LogP) is 6.54. The highest BCUT2D eigenvalue weighted by molar-refractivity contribution is 6.30. The highest BCUT2D eigenvalue weighted by Crippen LogP contribution is 2.29. The van der Waals surface area contributed by atoms with E-state index in [0.717, 1.165) is 40.4 Å². The molecule has 0 atom stereocenters. The zero-order valence-electron chi connectivity index (χ0n) is 16.6. The maximum absolute atomic E-state index is 13.1. The van der Waals surface area contributed by atoms with Gasteiger partial charge in [0.15, 0.2) is 0 Å². The largest absolute Gasteiger partial charge is 0.489 e. The van der Waals surface area contributed by atoms with Crippen LogP contribution in [0, 0.1) is 5.82 Å². The number of hydrogen-bond donors (Lipinski definition) is 1. The van der Waals surface area contributed by atoms with E-state index in [4.69, 9.17) is 16.3 Å². The number of hydrogen-bond acceptors (Lipinski definition) is 2. The summed E-state index contributed by atoms with van der Waals surface area (Å²) in [5, 5.41) is 6.60. The Labute approximate surface area is 181 Å². The van der Waals surface area contributed by atoms with Crippen molar-refractivity contribution < 1.29 is 9.13 Å². The fourth-order valence-corrected chi connectivity index (χ4v) is 3.60. The van der Waals surface area contributed by atoms with Crippen LogP contribution >= 0.6 is 11.6 Å². The zero-order chi connectivity index (χ0) is 20.8. The summed E-state index contributed by atoms with van der Waals surface area (Å²) in [5.74, 6) is 0.669. The molecule has 0 aliphatic heterocycles. The molecule has 0 bridgehead atoms. The van der Waals surface area contributed by atoms with Crippen LogP contribution in [0.25, 0.3) is 10.8 Å². The molecule has 0 heterocycles. The highest BCUT2D eigenvalue weighted by Gasteiger charge is 2.09. The van der Waals surface area contributed by atoms with E-state index in [-0.39, 0.29) is 5.82 Å². The summed E-state index contributed by atoms with van der Waals surface area (Å²) in [6.07, 6.45) is 0.839. The number of halogens is 2. The van der Waals surface area contributed by atoms with Gasteiger partial charge in [0.1, 0.15) is 18.2 Å². The first-order valence-electron chi connectivity index (χ1n) is 10.0. The molecular weight excluding hydrogens is 397 g/mol. The fourth-order valence-electron chi connectivity index (χ4n) is 3.47. The third-order valence-electron chi connectivity index (χ3n) is 5.11. The summed E-state index contributed by atoms with van der Waals surface area (Å²) in [6, 6.07) is 26.8. The molecule has 0 unspecified atom stereocenters. The molecule has 30 heavy (non-hydrogen) atoms. The number of benzene rings is 4. The highest BCUT2D eigenvalue weighted by atomic mass is 35.5. The van der Waals surface area contributed by atoms with E-state index in [2.05, 4.69) is 23.5 Å². The molecule has 4 aromatic carbocycles. The van der Waals surface area contributed by atoms with Crippen LogP contribution in [-0.4, -0.2) is 6.54 Å². The average Bonchev–Trinajstić information content (AvgIpc) is 2.78. The first-order valence-corrected chi connectivity index (χ1v) is 10.4. The van der Waals surface area contributed by atoms with Gasteiger partial charge in [0.2, 0.25) is 0 Å². The first kappa shape index (κ1) is 20.4. The molecule has 0 radical (unpaired) electrons. The van der Waals surface area contributed by atoms with Crippen molar-refractivity contribution in [2.45, 2.75) is 19.6 Å². The molecule has 0 fully saturated rings. The van der Waals surface area contributed by atoms with Gasteiger partial charge in [0, 0.05) is 17.1 Å². The molecule has 4 heteroatoms. The lowest BCUT2D eigenvalue weighted by Crippen LogP contribution is -2.17. The topological polar surface area (TPSA) is 21.3 Å². The van der Waals surface area contributed by atoms with E-state index in [1.54, 1.807) is 0 Å². The van der Waals surface area contributed by atoms with E-state index in [9.17, 15) is 4.39 Å². The monoisotopic (exact) mass is 419 g/mol. The lowest BCUT2D eigenvalue weighted by Gasteiger charge is -2.15.